The first-order valence-electron chi connectivity index (χ1n) is 11.4. The van der Waals surface area contributed by atoms with Crippen molar-refractivity contribution in [3.05, 3.63) is 52.3 Å². The minimum Gasteiger partial charge on any atom is -0.466 e. The summed E-state index contributed by atoms with van der Waals surface area (Å²) in [7, 11) is 0. The van der Waals surface area contributed by atoms with Gasteiger partial charge in [0.2, 0.25) is 5.91 Å². The number of carbonyl (C=O) groups excluding carboxylic acids is 2. The molecule has 0 saturated carbocycles. The second-order valence-electron chi connectivity index (χ2n) is 8.47. The number of aromatic nitrogens is 3. The Balaban J connectivity index is 1.44. The van der Waals surface area contributed by atoms with Crippen molar-refractivity contribution in [2.45, 2.75) is 46.5 Å². The van der Waals surface area contributed by atoms with Crippen LogP contribution < -0.4 is 0 Å². The second kappa shape index (κ2) is 9.91. The number of aryl methyl sites for hydroxylation is 2. The molecule has 0 N–H and O–H groups in total. The van der Waals surface area contributed by atoms with Crippen LogP contribution in [-0.4, -0.2) is 51.1 Å². The van der Waals surface area contributed by atoms with E-state index in [-0.39, 0.29) is 17.8 Å². The van der Waals surface area contributed by atoms with Crippen molar-refractivity contribution in [1.29, 1.82) is 0 Å². The number of amides is 1. The fourth-order valence-electron chi connectivity index (χ4n) is 4.46. The summed E-state index contributed by atoms with van der Waals surface area (Å²) in [4.78, 5) is 31.4. The third-order valence-corrected chi connectivity index (χ3v) is 6.61. The summed E-state index contributed by atoms with van der Waals surface area (Å²) in [6.07, 6.45) is 2.34. The summed E-state index contributed by atoms with van der Waals surface area (Å²) in [6, 6.07) is 9.54. The van der Waals surface area contributed by atoms with Crippen molar-refractivity contribution in [3.63, 3.8) is 0 Å². The van der Waals surface area contributed by atoms with Crippen molar-refractivity contribution in [2.75, 3.05) is 19.7 Å². The molecule has 1 amide bonds. The van der Waals surface area contributed by atoms with Gasteiger partial charge in [-0.3, -0.25) is 9.59 Å². The lowest BCUT2D eigenvalue weighted by atomic mass is 9.96. The fourth-order valence-corrected chi connectivity index (χ4v) is 4.59. The highest BCUT2D eigenvalue weighted by Gasteiger charge is 2.28. The third-order valence-electron chi connectivity index (χ3n) is 6.36. The van der Waals surface area contributed by atoms with E-state index in [1.54, 1.807) is 0 Å². The number of piperidine rings is 1. The lowest BCUT2D eigenvalue weighted by Gasteiger charge is -2.31. The Labute approximate surface area is 198 Å². The van der Waals surface area contributed by atoms with Gasteiger partial charge in [0.15, 0.2) is 5.65 Å². The Morgan fingerprint density at radius 2 is 1.85 bits per heavy atom. The zero-order chi connectivity index (χ0) is 23.5. The lowest BCUT2D eigenvalue weighted by Crippen LogP contribution is -2.40. The topological polar surface area (TPSA) is 76.8 Å². The van der Waals surface area contributed by atoms with Gasteiger partial charge in [0.25, 0.3) is 0 Å². The maximum atomic E-state index is 12.8. The minimum atomic E-state index is -0.146. The molecule has 1 aliphatic heterocycles. The number of likely N-dealkylation sites (tertiary alicyclic amines) is 1. The summed E-state index contributed by atoms with van der Waals surface area (Å²) in [5.74, 6) is -0.134. The molecular weight excluding hydrogens is 440 g/mol. The SMILES string of the molecule is CCOC(=O)C1CCN(C(=O)CCc2c(C)nc3cc(-c4ccc(Cl)cc4)nn3c2C)CC1. The normalized spacial score (nSPS) is 14.6. The van der Waals surface area contributed by atoms with E-state index in [0.717, 1.165) is 33.9 Å². The lowest BCUT2D eigenvalue weighted by molar-refractivity contribution is -0.151. The highest BCUT2D eigenvalue weighted by Crippen LogP contribution is 2.25. The number of hydrogen-bond acceptors (Lipinski definition) is 5. The van der Waals surface area contributed by atoms with Crippen LogP contribution in [0.2, 0.25) is 5.02 Å². The molecule has 4 rings (SSSR count). The average Bonchev–Trinajstić information content (AvgIpc) is 3.23. The number of halogens is 1. The van der Waals surface area contributed by atoms with Crippen LogP contribution >= 0.6 is 11.6 Å². The predicted molar refractivity (Wildman–Crippen MR) is 127 cm³/mol. The number of carbonyl (C=O) groups is 2. The number of esters is 1. The Morgan fingerprint density at radius 1 is 1.15 bits per heavy atom. The van der Waals surface area contributed by atoms with Crippen molar-refractivity contribution in [3.8, 4) is 11.3 Å². The van der Waals surface area contributed by atoms with Crippen LogP contribution in [0.4, 0.5) is 0 Å². The number of rotatable bonds is 6. The van der Waals surface area contributed by atoms with Crippen molar-refractivity contribution >= 4 is 29.1 Å². The van der Waals surface area contributed by atoms with Crippen LogP contribution in [0.5, 0.6) is 0 Å². The summed E-state index contributed by atoms with van der Waals surface area (Å²) in [6.45, 7) is 7.40. The molecule has 1 aromatic carbocycles. The molecule has 1 saturated heterocycles. The molecule has 3 heterocycles. The summed E-state index contributed by atoms with van der Waals surface area (Å²) < 4.78 is 6.96. The largest absolute Gasteiger partial charge is 0.466 e. The van der Waals surface area contributed by atoms with Crippen LogP contribution in [0.3, 0.4) is 0 Å². The van der Waals surface area contributed by atoms with Crippen LogP contribution in [0, 0.1) is 19.8 Å². The van der Waals surface area contributed by atoms with Crippen LogP contribution in [0.1, 0.15) is 43.1 Å². The first kappa shape index (κ1) is 23.2. The van der Waals surface area contributed by atoms with Crippen molar-refractivity contribution < 1.29 is 14.3 Å². The van der Waals surface area contributed by atoms with Gasteiger partial charge < -0.3 is 9.64 Å². The second-order valence-corrected chi connectivity index (χ2v) is 8.91. The van der Waals surface area contributed by atoms with Gasteiger partial charge in [-0.15, -0.1) is 0 Å². The number of hydrogen-bond donors (Lipinski definition) is 0. The molecule has 33 heavy (non-hydrogen) atoms. The van der Waals surface area contributed by atoms with E-state index >= 15 is 0 Å². The monoisotopic (exact) mass is 468 g/mol. The Hall–Kier alpha value is -2.93. The zero-order valence-electron chi connectivity index (χ0n) is 19.3. The summed E-state index contributed by atoms with van der Waals surface area (Å²) >= 11 is 6.01. The van der Waals surface area contributed by atoms with Gasteiger partial charge in [0, 0.05) is 47.6 Å². The average molecular weight is 469 g/mol. The van der Waals surface area contributed by atoms with Gasteiger partial charge in [0.05, 0.1) is 18.2 Å². The minimum absolute atomic E-state index is 0.0975. The number of ether oxygens (including phenoxy) is 1. The summed E-state index contributed by atoms with van der Waals surface area (Å²) in [5.41, 5.74) is 5.54. The van der Waals surface area contributed by atoms with E-state index < -0.39 is 0 Å². The molecule has 0 atom stereocenters. The first-order chi connectivity index (χ1) is 15.9. The Bertz CT molecular complexity index is 1160. The molecule has 0 radical (unpaired) electrons. The fraction of sp³-hybridized carbons (Fsp3) is 0.440. The molecule has 0 unspecified atom stereocenters. The molecule has 0 aliphatic carbocycles. The van der Waals surface area contributed by atoms with E-state index in [2.05, 4.69) is 0 Å². The molecule has 0 spiro atoms. The number of benzene rings is 1. The number of nitrogens with zero attached hydrogens (tertiary/aromatic N) is 4. The van der Waals surface area contributed by atoms with Gasteiger partial charge >= 0.3 is 5.97 Å². The van der Waals surface area contributed by atoms with Gasteiger partial charge in [-0.1, -0.05) is 23.7 Å². The first-order valence-corrected chi connectivity index (χ1v) is 11.8. The molecule has 2 aromatic heterocycles. The van der Waals surface area contributed by atoms with Crippen LogP contribution in [-0.2, 0) is 20.7 Å². The zero-order valence-corrected chi connectivity index (χ0v) is 20.1. The van der Waals surface area contributed by atoms with Crippen molar-refractivity contribution in [1.82, 2.24) is 19.5 Å². The highest BCUT2D eigenvalue weighted by molar-refractivity contribution is 6.30. The van der Waals surface area contributed by atoms with Crippen molar-refractivity contribution in [2.24, 2.45) is 5.92 Å². The van der Waals surface area contributed by atoms with Gasteiger partial charge in [0.1, 0.15) is 0 Å². The molecule has 7 nitrogen and oxygen atoms in total. The predicted octanol–water partition coefficient (Wildman–Crippen LogP) is 4.40. The highest BCUT2D eigenvalue weighted by atomic mass is 35.5. The number of fused-ring (bicyclic) bond motifs is 1. The van der Waals surface area contributed by atoms with E-state index in [1.165, 1.54) is 0 Å². The molecular formula is C25H29ClN4O3. The van der Waals surface area contributed by atoms with Gasteiger partial charge in [-0.25, -0.2) is 9.50 Å². The van der Waals surface area contributed by atoms with Crippen LogP contribution in [0.15, 0.2) is 30.3 Å². The third kappa shape index (κ3) is 5.03. The standard InChI is InChI=1S/C25H29ClN4O3/c1-4-33-25(32)19-11-13-29(14-12-19)24(31)10-9-21-16(2)27-23-15-22(28-30(23)17(21)3)18-5-7-20(26)8-6-18/h5-8,15,19H,4,9-14H2,1-3H3. The van der Waals surface area contributed by atoms with Gasteiger partial charge in [-0.2, -0.15) is 5.10 Å². The van der Waals surface area contributed by atoms with E-state index in [9.17, 15) is 9.59 Å². The maximum absolute atomic E-state index is 12.8. The summed E-state index contributed by atoms with van der Waals surface area (Å²) in [5, 5.41) is 5.43. The molecule has 1 aliphatic rings. The molecule has 3 aromatic rings. The Morgan fingerprint density at radius 3 is 2.52 bits per heavy atom. The molecule has 1 fully saturated rings. The van der Waals surface area contributed by atoms with E-state index in [0.29, 0.717) is 50.4 Å². The van der Waals surface area contributed by atoms with E-state index in [4.69, 9.17) is 26.4 Å². The molecule has 174 valence electrons. The van der Waals surface area contributed by atoms with Crippen LogP contribution in [0.25, 0.3) is 16.9 Å². The van der Waals surface area contributed by atoms with E-state index in [1.807, 2.05) is 60.5 Å². The quantitative estimate of drug-likeness (QED) is 0.501. The maximum Gasteiger partial charge on any atom is 0.309 e. The molecule has 8 heteroatoms. The molecule has 0 bridgehead atoms. The smallest absolute Gasteiger partial charge is 0.309 e. The Kier molecular flexibility index (Phi) is 6.98. The van der Waals surface area contributed by atoms with Gasteiger partial charge in [-0.05, 0) is 57.7 Å².